The van der Waals surface area contributed by atoms with E-state index in [9.17, 15) is 0 Å². The van der Waals surface area contributed by atoms with E-state index in [2.05, 4.69) is 15.6 Å². The molecule has 0 spiro atoms. The lowest BCUT2D eigenvalue weighted by atomic mass is 9.95. The third kappa shape index (κ3) is 1.30. The normalized spacial score (nSPS) is 41.8. The number of aliphatic imine (C=N–C) groups is 1. The van der Waals surface area contributed by atoms with Gasteiger partial charge in [0.25, 0.3) is 0 Å². The minimum absolute atomic E-state index is 0.725. The number of rotatable bonds is 1. The summed E-state index contributed by atoms with van der Waals surface area (Å²) in [5, 5.41) is 6.83. The van der Waals surface area contributed by atoms with Gasteiger partial charge in [-0.25, -0.2) is 0 Å². The Bertz CT molecular complexity index is 236. The number of fused-ring (bicyclic) bond motifs is 2. The van der Waals surface area contributed by atoms with E-state index in [1.54, 1.807) is 0 Å². The summed E-state index contributed by atoms with van der Waals surface area (Å²) in [5.41, 5.74) is 0. The first-order valence-electron chi connectivity index (χ1n) is 5.46. The van der Waals surface area contributed by atoms with E-state index in [0.29, 0.717) is 0 Å². The molecule has 0 aromatic rings. The van der Waals surface area contributed by atoms with Gasteiger partial charge >= 0.3 is 0 Å². The van der Waals surface area contributed by atoms with Gasteiger partial charge in [0.1, 0.15) is 0 Å². The van der Waals surface area contributed by atoms with E-state index in [4.69, 9.17) is 0 Å². The van der Waals surface area contributed by atoms with Gasteiger partial charge in [0.2, 0.25) is 0 Å². The third-order valence-electron chi connectivity index (χ3n) is 3.73. The van der Waals surface area contributed by atoms with Crippen LogP contribution in [0, 0.1) is 11.8 Å². The molecule has 3 rings (SSSR count). The molecule has 1 heterocycles. The van der Waals surface area contributed by atoms with Crippen LogP contribution in [0.15, 0.2) is 4.99 Å². The second-order valence-electron chi connectivity index (χ2n) is 4.58. The van der Waals surface area contributed by atoms with Crippen LogP contribution in [0.5, 0.6) is 0 Å². The van der Waals surface area contributed by atoms with Crippen molar-refractivity contribution in [2.45, 2.75) is 31.7 Å². The van der Waals surface area contributed by atoms with E-state index in [1.807, 2.05) is 0 Å². The number of hydrogen-bond acceptors (Lipinski definition) is 3. The molecule has 2 fully saturated rings. The monoisotopic (exact) mass is 179 g/mol. The van der Waals surface area contributed by atoms with Crippen LogP contribution in [0.4, 0.5) is 0 Å². The fraction of sp³-hybridized carbons (Fsp3) is 0.900. The SMILES string of the molecule is C1CNC(NC2CC3CCC2C3)=N1. The highest BCUT2D eigenvalue weighted by molar-refractivity contribution is 5.81. The van der Waals surface area contributed by atoms with Crippen molar-refractivity contribution in [2.24, 2.45) is 16.8 Å². The first-order valence-corrected chi connectivity index (χ1v) is 5.46. The molecule has 3 heteroatoms. The van der Waals surface area contributed by atoms with Gasteiger partial charge in [0.05, 0.1) is 6.54 Å². The first kappa shape index (κ1) is 7.65. The Hall–Kier alpha value is -0.730. The lowest BCUT2D eigenvalue weighted by Crippen LogP contribution is -2.43. The summed E-state index contributed by atoms with van der Waals surface area (Å²) < 4.78 is 0. The Balaban J connectivity index is 1.61. The zero-order chi connectivity index (χ0) is 8.67. The van der Waals surface area contributed by atoms with Crippen LogP contribution in [0.25, 0.3) is 0 Å². The Labute approximate surface area is 79.0 Å². The second kappa shape index (κ2) is 2.89. The molecule has 0 amide bonds. The second-order valence-corrected chi connectivity index (χ2v) is 4.58. The van der Waals surface area contributed by atoms with E-state index in [1.165, 1.54) is 25.7 Å². The molecule has 0 aromatic heterocycles. The van der Waals surface area contributed by atoms with Gasteiger partial charge in [-0.15, -0.1) is 0 Å². The molecular formula is C10H17N3. The predicted molar refractivity (Wildman–Crippen MR) is 52.7 cm³/mol. The number of hydrogen-bond donors (Lipinski definition) is 2. The fourth-order valence-corrected chi connectivity index (χ4v) is 3.09. The van der Waals surface area contributed by atoms with Crippen molar-refractivity contribution in [3.05, 3.63) is 0 Å². The quantitative estimate of drug-likeness (QED) is 0.622. The van der Waals surface area contributed by atoms with Crippen molar-refractivity contribution in [2.75, 3.05) is 13.1 Å². The maximum atomic E-state index is 4.38. The molecular weight excluding hydrogens is 162 g/mol. The largest absolute Gasteiger partial charge is 0.355 e. The topological polar surface area (TPSA) is 36.4 Å². The molecule has 2 saturated carbocycles. The van der Waals surface area contributed by atoms with Crippen molar-refractivity contribution in [3.8, 4) is 0 Å². The molecule has 3 aliphatic rings. The van der Waals surface area contributed by atoms with Gasteiger partial charge in [-0.2, -0.15) is 0 Å². The Kier molecular flexibility index (Phi) is 1.70. The molecule has 1 aliphatic heterocycles. The molecule has 13 heavy (non-hydrogen) atoms. The van der Waals surface area contributed by atoms with E-state index in [0.717, 1.165) is 36.9 Å². The standard InChI is InChI=1S/C10H17N3/c1-2-8-5-7(1)6-9(8)13-10-11-3-4-12-10/h7-9H,1-6H2,(H2,11,12,13). The minimum Gasteiger partial charge on any atom is -0.355 e. The van der Waals surface area contributed by atoms with Gasteiger partial charge in [0, 0.05) is 12.6 Å². The summed E-state index contributed by atoms with van der Waals surface area (Å²) in [5.74, 6) is 3.01. The van der Waals surface area contributed by atoms with Crippen LogP contribution in [0.2, 0.25) is 0 Å². The predicted octanol–water partition coefficient (Wildman–Crippen LogP) is 0.724. The summed E-state index contributed by atoms with van der Waals surface area (Å²) in [7, 11) is 0. The number of nitrogens with zero attached hydrogens (tertiary/aromatic N) is 1. The molecule has 2 aliphatic carbocycles. The Morgan fingerprint density at radius 3 is 2.92 bits per heavy atom. The maximum Gasteiger partial charge on any atom is 0.191 e. The lowest BCUT2D eigenvalue weighted by Gasteiger charge is -2.23. The zero-order valence-electron chi connectivity index (χ0n) is 7.92. The molecule has 0 radical (unpaired) electrons. The summed E-state index contributed by atoms with van der Waals surface area (Å²) in [6.45, 7) is 1.96. The summed E-state index contributed by atoms with van der Waals surface area (Å²) in [6.07, 6.45) is 5.76. The fourth-order valence-electron chi connectivity index (χ4n) is 3.09. The highest BCUT2D eigenvalue weighted by Gasteiger charge is 2.39. The van der Waals surface area contributed by atoms with E-state index in [-0.39, 0.29) is 0 Å². The minimum atomic E-state index is 0.725. The zero-order valence-corrected chi connectivity index (χ0v) is 7.92. The highest BCUT2D eigenvalue weighted by atomic mass is 15.2. The Morgan fingerprint density at radius 1 is 1.31 bits per heavy atom. The molecule has 72 valence electrons. The van der Waals surface area contributed by atoms with Gasteiger partial charge in [0.15, 0.2) is 5.96 Å². The smallest absolute Gasteiger partial charge is 0.191 e. The first-order chi connectivity index (χ1) is 6.42. The molecule has 2 N–H and O–H groups in total. The summed E-state index contributed by atoms with van der Waals surface area (Å²) in [4.78, 5) is 4.38. The average Bonchev–Trinajstić information content (AvgIpc) is 2.77. The highest BCUT2D eigenvalue weighted by Crippen LogP contribution is 2.44. The third-order valence-corrected chi connectivity index (χ3v) is 3.73. The van der Waals surface area contributed by atoms with Crippen LogP contribution in [-0.2, 0) is 0 Å². The molecule has 0 saturated heterocycles. The van der Waals surface area contributed by atoms with Gasteiger partial charge in [-0.3, -0.25) is 4.99 Å². The van der Waals surface area contributed by atoms with Gasteiger partial charge in [-0.05, 0) is 31.1 Å². The average molecular weight is 179 g/mol. The van der Waals surface area contributed by atoms with Crippen molar-refractivity contribution in [1.29, 1.82) is 0 Å². The molecule has 3 atom stereocenters. The van der Waals surface area contributed by atoms with Crippen LogP contribution in [0.1, 0.15) is 25.7 Å². The van der Waals surface area contributed by atoms with Crippen molar-refractivity contribution < 1.29 is 0 Å². The maximum absolute atomic E-state index is 4.38. The van der Waals surface area contributed by atoms with Crippen molar-refractivity contribution >= 4 is 5.96 Å². The van der Waals surface area contributed by atoms with Crippen LogP contribution in [-0.4, -0.2) is 25.1 Å². The Morgan fingerprint density at radius 2 is 2.31 bits per heavy atom. The number of nitrogens with one attached hydrogen (secondary N) is 2. The summed E-state index contributed by atoms with van der Waals surface area (Å²) in [6, 6.07) is 0.725. The lowest BCUT2D eigenvalue weighted by molar-refractivity contribution is 0.388. The molecule has 2 bridgehead atoms. The van der Waals surface area contributed by atoms with Crippen LogP contribution >= 0.6 is 0 Å². The van der Waals surface area contributed by atoms with Gasteiger partial charge < -0.3 is 10.6 Å². The van der Waals surface area contributed by atoms with Crippen molar-refractivity contribution in [1.82, 2.24) is 10.6 Å². The summed E-state index contributed by atoms with van der Waals surface area (Å²) >= 11 is 0. The molecule has 3 nitrogen and oxygen atoms in total. The van der Waals surface area contributed by atoms with Crippen molar-refractivity contribution in [3.63, 3.8) is 0 Å². The van der Waals surface area contributed by atoms with E-state index < -0.39 is 0 Å². The molecule has 3 unspecified atom stereocenters. The van der Waals surface area contributed by atoms with Gasteiger partial charge in [-0.1, -0.05) is 6.42 Å². The van der Waals surface area contributed by atoms with Crippen LogP contribution < -0.4 is 10.6 Å². The van der Waals surface area contributed by atoms with E-state index >= 15 is 0 Å². The van der Waals surface area contributed by atoms with Crippen LogP contribution in [0.3, 0.4) is 0 Å². The molecule has 0 aromatic carbocycles. The number of guanidine groups is 1.